The van der Waals surface area contributed by atoms with Gasteiger partial charge in [-0.3, -0.25) is 0 Å². The van der Waals surface area contributed by atoms with Crippen molar-refractivity contribution in [3.05, 3.63) is 29.3 Å². The summed E-state index contributed by atoms with van der Waals surface area (Å²) < 4.78 is 28.8. The SMILES string of the molecule is C[C@H](CNS(N)(=O)=O)Oc1ccc(Cl)cc1. The van der Waals surface area contributed by atoms with Crippen molar-refractivity contribution in [2.75, 3.05) is 6.54 Å². The molecule has 1 atom stereocenters. The third kappa shape index (κ3) is 5.32. The van der Waals surface area contributed by atoms with Gasteiger partial charge in [0.1, 0.15) is 11.9 Å². The van der Waals surface area contributed by atoms with E-state index in [4.69, 9.17) is 21.5 Å². The van der Waals surface area contributed by atoms with E-state index >= 15 is 0 Å². The number of hydrogen-bond acceptors (Lipinski definition) is 3. The molecule has 0 saturated heterocycles. The molecule has 0 aromatic heterocycles. The van der Waals surface area contributed by atoms with E-state index in [1.807, 2.05) is 0 Å². The highest BCUT2D eigenvalue weighted by Gasteiger charge is 2.07. The van der Waals surface area contributed by atoms with Crippen molar-refractivity contribution in [1.29, 1.82) is 0 Å². The molecule has 1 rings (SSSR count). The average molecular weight is 265 g/mol. The Labute approximate surface area is 99.7 Å². The van der Waals surface area contributed by atoms with Crippen LogP contribution in [0.15, 0.2) is 24.3 Å². The van der Waals surface area contributed by atoms with E-state index in [-0.39, 0.29) is 12.6 Å². The van der Waals surface area contributed by atoms with Crippen molar-refractivity contribution < 1.29 is 13.2 Å². The van der Waals surface area contributed by atoms with Crippen LogP contribution in [0.2, 0.25) is 5.02 Å². The minimum atomic E-state index is -3.67. The van der Waals surface area contributed by atoms with E-state index < -0.39 is 10.2 Å². The third-order valence-corrected chi connectivity index (χ3v) is 2.54. The van der Waals surface area contributed by atoms with E-state index in [1.54, 1.807) is 31.2 Å². The summed E-state index contributed by atoms with van der Waals surface area (Å²) in [5.41, 5.74) is 0. The molecule has 3 N–H and O–H groups in total. The summed E-state index contributed by atoms with van der Waals surface area (Å²) in [6.45, 7) is 1.84. The molecule has 16 heavy (non-hydrogen) atoms. The van der Waals surface area contributed by atoms with Gasteiger partial charge in [0.2, 0.25) is 0 Å². The number of ether oxygens (including phenoxy) is 1. The highest BCUT2D eigenvalue weighted by atomic mass is 35.5. The maximum atomic E-state index is 10.6. The molecule has 1 aromatic rings. The number of benzene rings is 1. The summed E-state index contributed by atoms with van der Waals surface area (Å²) in [5, 5.41) is 5.40. The summed E-state index contributed by atoms with van der Waals surface area (Å²) in [4.78, 5) is 0. The minimum absolute atomic E-state index is 0.113. The molecule has 7 heteroatoms. The molecule has 0 bridgehead atoms. The Morgan fingerprint density at radius 1 is 1.44 bits per heavy atom. The van der Waals surface area contributed by atoms with Crippen molar-refractivity contribution >= 4 is 21.8 Å². The zero-order chi connectivity index (χ0) is 12.2. The maximum Gasteiger partial charge on any atom is 0.274 e. The Bertz CT molecular complexity index is 433. The predicted molar refractivity (Wildman–Crippen MR) is 62.7 cm³/mol. The molecule has 0 aliphatic rings. The molecule has 0 unspecified atom stereocenters. The topological polar surface area (TPSA) is 81.4 Å². The third-order valence-electron chi connectivity index (χ3n) is 1.72. The molecule has 1 aromatic carbocycles. The second-order valence-corrected chi connectivity index (χ2v) is 5.09. The molecule has 90 valence electrons. The largest absolute Gasteiger partial charge is 0.489 e. The van der Waals surface area contributed by atoms with Crippen LogP contribution in [-0.4, -0.2) is 21.1 Å². The fraction of sp³-hybridized carbons (Fsp3) is 0.333. The first-order valence-electron chi connectivity index (χ1n) is 4.56. The van der Waals surface area contributed by atoms with Crippen LogP contribution < -0.4 is 14.6 Å². The summed E-state index contributed by atoms with van der Waals surface area (Å²) >= 11 is 5.71. The second kappa shape index (κ2) is 5.49. The zero-order valence-corrected chi connectivity index (χ0v) is 10.3. The minimum Gasteiger partial charge on any atom is -0.489 e. The van der Waals surface area contributed by atoms with E-state index in [1.165, 1.54) is 0 Å². The van der Waals surface area contributed by atoms with Crippen molar-refractivity contribution in [1.82, 2.24) is 4.72 Å². The summed E-state index contributed by atoms with van der Waals surface area (Å²) in [6, 6.07) is 6.79. The van der Waals surface area contributed by atoms with Crippen LogP contribution in [0.4, 0.5) is 0 Å². The lowest BCUT2D eigenvalue weighted by Gasteiger charge is -2.14. The van der Waals surface area contributed by atoms with Gasteiger partial charge in [0.15, 0.2) is 0 Å². The lowest BCUT2D eigenvalue weighted by Crippen LogP contribution is -2.37. The molecule has 0 saturated carbocycles. The van der Waals surface area contributed by atoms with Gasteiger partial charge in [0.25, 0.3) is 10.2 Å². The number of nitrogens with one attached hydrogen (secondary N) is 1. The van der Waals surface area contributed by atoms with Crippen LogP contribution in [-0.2, 0) is 10.2 Å². The number of rotatable bonds is 5. The van der Waals surface area contributed by atoms with Gasteiger partial charge in [-0.25, -0.2) is 5.14 Å². The van der Waals surface area contributed by atoms with E-state index in [0.717, 1.165) is 0 Å². The van der Waals surface area contributed by atoms with Crippen molar-refractivity contribution in [2.45, 2.75) is 13.0 Å². The summed E-state index contributed by atoms with van der Waals surface area (Å²) in [5.74, 6) is 0.619. The van der Waals surface area contributed by atoms with Crippen molar-refractivity contribution in [2.24, 2.45) is 5.14 Å². The van der Waals surface area contributed by atoms with Crippen molar-refractivity contribution in [3.8, 4) is 5.75 Å². The first-order valence-corrected chi connectivity index (χ1v) is 6.49. The molecule has 0 radical (unpaired) electrons. The van der Waals surface area contributed by atoms with Crippen LogP contribution in [0.5, 0.6) is 5.75 Å². The summed E-state index contributed by atoms with van der Waals surface area (Å²) in [6.07, 6.45) is -0.320. The fourth-order valence-electron chi connectivity index (χ4n) is 1.02. The van der Waals surface area contributed by atoms with Crippen LogP contribution in [0.3, 0.4) is 0 Å². The maximum absolute atomic E-state index is 10.6. The van der Waals surface area contributed by atoms with Gasteiger partial charge in [0, 0.05) is 11.6 Å². The number of halogens is 1. The van der Waals surface area contributed by atoms with Gasteiger partial charge in [-0.2, -0.15) is 13.1 Å². The lowest BCUT2D eigenvalue weighted by atomic mass is 10.3. The summed E-state index contributed by atoms with van der Waals surface area (Å²) in [7, 11) is -3.67. The van der Waals surface area contributed by atoms with Crippen LogP contribution in [0, 0.1) is 0 Å². The average Bonchev–Trinajstić information content (AvgIpc) is 2.18. The molecular weight excluding hydrogens is 252 g/mol. The van der Waals surface area contributed by atoms with Gasteiger partial charge in [-0.15, -0.1) is 0 Å². The van der Waals surface area contributed by atoms with Gasteiger partial charge in [-0.05, 0) is 31.2 Å². The molecular formula is C9H13ClN2O3S. The standard InChI is InChI=1S/C9H13ClN2O3S/c1-7(6-12-16(11,13)14)15-9-4-2-8(10)3-5-9/h2-5,7,12H,6H2,1H3,(H2,11,13,14)/t7-/m1/s1. The van der Waals surface area contributed by atoms with Crippen LogP contribution >= 0.6 is 11.6 Å². The molecule has 0 amide bonds. The quantitative estimate of drug-likeness (QED) is 0.829. The van der Waals surface area contributed by atoms with Gasteiger partial charge >= 0.3 is 0 Å². The number of hydrogen-bond donors (Lipinski definition) is 2. The highest BCUT2D eigenvalue weighted by molar-refractivity contribution is 7.87. The van der Waals surface area contributed by atoms with Gasteiger partial charge < -0.3 is 4.74 Å². The Hall–Kier alpha value is -0.820. The molecule has 0 heterocycles. The van der Waals surface area contributed by atoms with Crippen molar-refractivity contribution in [3.63, 3.8) is 0 Å². The van der Waals surface area contributed by atoms with E-state index in [0.29, 0.717) is 10.8 Å². The van der Waals surface area contributed by atoms with Gasteiger partial charge in [0.05, 0.1) is 0 Å². The zero-order valence-electron chi connectivity index (χ0n) is 8.68. The Kier molecular flexibility index (Phi) is 4.55. The van der Waals surface area contributed by atoms with E-state index in [2.05, 4.69) is 4.72 Å². The molecule has 0 spiro atoms. The Balaban J connectivity index is 2.45. The first-order chi connectivity index (χ1) is 7.37. The highest BCUT2D eigenvalue weighted by Crippen LogP contribution is 2.16. The molecule has 0 fully saturated rings. The monoisotopic (exact) mass is 264 g/mol. The number of nitrogens with two attached hydrogens (primary N) is 1. The normalized spacial score (nSPS) is 13.4. The fourth-order valence-corrected chi connectivity index (χ4v) is 1.61. The molecule has 5 nitrogen and oxygen atoms in total. The predicted octanol–water partition coefficient (Wildman–Crippen LogP) is 0.900. The Morgan fingerprint density at radius 3 is 2.50 bits per heavy atom. The van der Waals surface area contributed by atoms with E-state index in [9.17, 15) is 8.42 Å². The smallest absolute Gasteiger partial charge is 0.274 e. The lowest BCUT2D eigenvalue weighted by molar-refractivity contribution is 0.225. The van der Waals surface area contributed by atoms with Gasteiger partial charge in [-0.1, -0.05) is 11.6 Å². The second-order valence-electron chi connectivity index (χ2n) is 3.28. The van der Waals surface area contributed by atoms with Crippen LogP contribution in [0.1, 0.15) is 6.92 Å². The first kappa shape index (κ1) is 13.2. The molecule has 0 aliphatic carbocycles. The van der Waals surface area contributed by atoms with Crippen LogP contribution in [0.25, 0.3) is 0 Å². The Morgan fingerprint density at radius 2 is 2.00 bits per heavy atom. The molecule has 0 aliphatic heterocycles.